The van der Waals surface area contributed by atoms with Gasteiger partial charge in [-0.25, -0.2) is 4.39 Å². The molecular weight excluding hydrogens is 423 g/mol. The van der Waals surface area contributed by atoms with Gasteiger partial charge in [-0.3, -0.25) is 4.79 Å². The molecule has 0 spiro atoms. The Morgan fingerprint density at radius 2 is 1.47 bits per heavy atom. The summed E-state index contributed by atoms with van der Waals surface area (Å²) in [5, 5.41) is 1.09. The lowest BCUT2D eigenvalue weighted by Gasteiger charge is -2.27. The van der Waals surface area contributed by atoms with E-state index in [2.05, 4.69) is 34.9 Å². The molecule has 34 heavy (non-hydrogen) atoms. The number of aromatic nitrogens is 1. The number of carbonyl (C=O) groups is 1. The van der Waals surface area contributed by atoms with Crippen molar-refractivity contribution in [2.45, 2.75) is 12.6 Å². The third kappa shape index (κ3) is 3.14. The van der Waals surface area contributed by atoms with Crippen molar-refractivity contribution in [3.8, 4) is 11.3 Å². The lowest BCUT2D eigenvalue weighted by atomic mass is 9.93. The molecule has 1 amide bonds. The largest absolute Gasteiger partial charge is 0.343 e. The SMILES string of the molecule is Cn1c(-c2ccc(F)cc2)c([C@@H]2c3ccccc3C(=O)N2Cc2ccccc2)c2ccccc21. The number of carbonyl (C=O) groups excluding carboxylic acids is 1. The highest BCUT2D eigenvalue weighted by Crippen LogP contribution is 2.46. The molecule has 0 bridgehead atoms. The van der Waals surface area contributed by atoms with Gasteiger partial charge in [0, 0.05) is 35.6 Å². The molecule has 166 valence electrons. The van der Waals surface area contributed by atoms with E-state index in [1.807, 2.05) is 72.6 Å². The molecule has 1 atom stereocenters. The Hall–Kier alpha value is -4.18. The second kappa shape index (κ2) is 7.99. The zero-order chi connectivity index (χ0) is 23.2. The Morgan fingerprint density at radius 1 is 0.794 bits per heavy atom. The third-order valence-electron chi connectivity index (χ3n) is 6.79. The van der Waals surface area contributed by atoms with Crippen LogP contribution in [0.15, 0.2) is 103 Å². The molecule has 1 aromatic heterocycles. The van der Waals surface area contributed by atoms with Gasteiger partial charge < -0.3 is 9.47 Å². The van der Waals surface area contributed by atoms with E-state index in [-0.39, 0.29) is 17.8 Å². The fourth-order valence-electron chi connectivity index (χ4n) is 5.28. The van der Waals surface area contributed by atoms with Crippen LogP contribution in [0.5, 0.6) is 0 Å². The van der Waals surface area contributed by atoms with Crippen LogP contribution in [0.1, 0.15) is 33.1 Å². The number of hydrogen-bond acceptors (Lipinski definition) is 1. The summed E-state index contributed by atoms with van der Waals surface area (Å²) in [6, 6.07) is 32.6. The van der Waals surface area contributed by atoms with Crippen LogP contribution in [-0.4, -0.2) is 15.4 Å². The van der Waals surface area contributed by atoms with E-state index < -0.39 is 0 Å². The van der Waals surface area contributed by atoms with Gasteiger partial charge in [-0.05, 0) is 53.1 Å². The maximum atomic E-state index is 13.8. The van der Waals surface area contributed by atoms with Crippen molar-refractivity contribution >= 4 is 16.8 Å². The maximum Gasteiger partial charge on any atom is 0.255 e. The molecule has 1 aliphatic heterocycles. The third-order valence-corrected chi connectivity index (χ3v) is 6.79. The summed E-state index contributed by atoms with van der Waals surface area (Å²) >= 11 is 0. The Morgan fingerprint density at radius 3 is 2.26 bits per heavy atom. The van der Waals surface area contributed by atoms with Crippen molar-refractivity contribution in [3.05, 3.63) is 131 Å². The van der Waals surface area contributed by atoms with Gasteiger partial charge in [0.1, 0.15) is 5.82 Å². The minimum Gasteiger partial charge on any atom is -0.343 e. The number of hydrogen-bond donors (Lipinski definition) is 0. The Bertz CT molecular complexity index is 1520. The molecule has 0 radical (unpaired) electrons. The smallest absolute Gasteiger partial charge is 0.255 e. The van der Waals surface area contributed by atoms with Crippen LogP contribution in [0.2, 0.25) is 0 Å². The first-order valence-electron chi connectivity index (χ1n) is 11.4. The van der Waals surface area contributed by atoms with E-state index in [0.29, 0.717) is 6.54 Å². The summed E-state index contributed by atoms with van der Waals surface area (Å²) < 4.78 is 16.0. The van der Waals surface area contributed by atoms with E-state index in [9.17, 15) is 9.18 Å². The molecule has 5 aromatic rings. The minimum atomic E-state index is -0.267. The van der Waals surface area contributed by atoms with Crippen molar-refractivity contribution in [1.29, 1.82) is 0 Å². The maximum absolute atomic E-state index is 13.8. The average molecular weight is 447 g/mol. The van der Waals surface area contributed by atoms with Crippen LogP contribution in [0.4, 0.5) is 4.39 Å². The number of benzene rings is 4. The first kappa shape index (κ1) is 20.4. The molecule has 0 aliphatic carbocycles. The van der Waals surface area contributed by atoms with E-state index in [1.54, 1.807) is 0 Å². The molecular formula is C30H23FN2O. The highest BCUT2D eigenvalue weighted by atomic mass is 19.1. The molecule has 2 heterocycles. The van der Waals surface area contributed by atoms with Crippen molar-refractivity contribution in [1.82, 2.24) is 9.47 Å². The molecule has 4 aromatic carbocycles. The van der Waals surface area contributed by atoms with Crippen LogP contribution in [0.3, 0.4) is 0 Å². The Kier molecular flexibility index (Phi) is 4.80. The topological polar surface area (TPSA) is 25.2 Å². The first-order valence-corrected chi connectivity index (χ1v) is 11.4. The fourth-order valence-corrected chi connectivity index (χ4v) is 5.28. The molecule has 0 saturated heterocycles. The Labute approximate surface area is 197 Å². The zero-order valence-corrected chi connectivity index (χ0v) is 18.8. The van der Waals surface area contributed by atoms with Crippen LogP contribution in [-0.2, 0) is 13.6 Å². The summed E-state index contributed by atoms with van der Waals surface area (Å²) in [7, 11) is 2.04. The van der Waals surface area contributed by atoms with Crippen LogP contribution in [0.25, 0.3) is 22.2 Å². The number of halogens is 1. The van der Waals surface area contributed by atoms with E-state index in [4.69, 9.17) is 0 Å². The van der Waals surface area contributed by atoms with Crippen molar-refractivity contribution < 1.29 is 9.18 Å². The molecule has 0 saturated carbocycles. The second-order valence-corrected chi connectivity index (χ2v) is 8.75. The zero-order valence-electron chi connectivity index (χ0n) is 18.8. The van der Waals surface area contributed by atoms with E-state index >= 15 is 0 Å². The van der Waals surface area contributed by atoms with Crippen molar-refractivity contribution in [2.75, 3.05) is 0 Å². The molecule has 0 fully saturated rings. The van der Waals surface area contributed by atoms with Gasteiger partial charge in [0.05, 0.1) is 11.7 Å². The lowest BCUT2D eigenvalue weighted by Crippen LogP contribution is -2.28. The van der Waals surface area contributed by atoms with Crippen LogP contribution in [0, 0.1) is 5.82 Å². The summed E-state index contributed by atoms with van der Waals surface area (Å²) in [6.07, 6.45) is 0. The van der Waals surface area contributed by atoms with E-state index in [0.717, 1.165) is 44.4 Å². The monoisotopic (exact) mass is 446 g/mol. The van der Waals surface area contributed by atoms with Crippen LogP contribution >= 0.6 is 0 Å². The second-order valence-electron chi connectivity index (χ2n) is 8.75. The first-order chi connectivity index (χ1) is 16.6. The highest BCUT2D eigenvalue weighted by Gasteiger charge is 2.40. The quantitative estimate of drug-likeness (QED) is 0.300. The number of aryl methyl sites for hydroxylation is 1. The molecule has 3 nitrogen and oxygen atoms in total. The van der Waals surface area contributed by atoms with E-state index in [1.165, 1.54) is 12.1 Å². The van der Waals surface area contributed by atoms with Gasteiger partial charge in [0.2, 0.25) is 0 Å². The predicted molar refractivity (Wildman–Crippen MR) is 133 cm³/mol. The van der Waals surface area contributed by atoms with Crippen molar-refractivity contribution in [3.63, 3.8) is 0 Å². The van der Waals surface area contributed by atoms with Gasteiger partial charge in [0.15, 0.2) is 0 Å². The summed E-state index contributed by atoms with van der Waals surface area (Å²) in [5.74, 6) is -0.237. The number of para-hydroxylation sites is 1. The highest BCUT2D eigenvalue weighted by molar-refractivity contribution is 6.02. The molecule has 6 rings (SSSR count). The van der Waals surface area contributed by atoms with Gasteiger partial charge in [0.25, 0.3) is 5.91 Å². The molecule has 1 aliphatic rings. The molecule has 0 unspecified atom stereocenters. The van der Waals surface area contributed by atoms with Gasteiger partial charge >= 0.3 is 0 Å². The van der Waals surface area contributed by atoms with Crippen molar-refractivity contribution in [2.24, 2.45) is 7.05 Å². The summed E-state index contributed by atoms with van der Waals surface area (Å²) in [4.78, 5) is 15.7. The van der Waals surface area contributed by atoms with Crippen LogP contribution < -0.4 is 0 Å². The minimum absolute atomic E-state index is 0.0300. The molecule has 4 heteroatoms. The number of fused-ring (bicyclic) bond motifs is 2. The van der Waals surface area contributed by atoms with Gasteiger partial charge in [-0.1, -0.05) is 66.7 Å². The van der Waals surface area contributed by atoms with Gasteiger partial charge in [-0.15, -0.1) is 0 Å². The summed E-state index contributed by atoms with van der Waals surface area (Å²) in [6.45, 7) is 0.505. The lowest BCUT2D eigenvalue weighted by molar-refractivity contribution is 0.0737. The summed E-state index contributed by atoms with van der Waals surface area (Å²) in [5.41, 5.74) is 6.88. The standard InChI is InChI=1S/C30H23FN2O/c1-32-26-14-8-7-13-25(26)27(28(32)21-15-17-22(31)18-16-21)29-23-11-5-6-12-24(23)30(34)33(29)19-20-9-3-2-4-10-20/h2-18,29H,19H2,1H3/t29-/m0/s1. The molecule has 0 N–H and O–H groups in total. The normalized spacial score (nSPS) is 15.2. The average Bonchev–Trinajstić information content (AvgIpc) is 3.31. The number of nitrogens with zero attached hydrogens (tertiary/aromatic N) is 2. The van der Waals surface area contributed by atoms with Gasteiger partial charge in [-0.2, -0.15) is 0 Å². The predicted octanol–water partition coefficient (Wildman–Crippen LogP) is 6.73. The number of amides is 1. The Balaban J connectivity index is 1.63. The fraction of sp³-hybridized carbons (Fsp3) is 0.100. The number of rotatable bonds is 4.